The number of hydrogen-bond acceptors (Lipinski definition) is 5. The van der Waals surface area contributed by atoms with Gasteiger partial charge in [-0.05, 0) is 35.2 Å². The average molecular weight is 392 g/mol. The minimum atomic E-state index is -0.759. The number of nitrogens with two attached hydrogens (primary N) is 1. The van der Waals surface area contributed by atoms with E-state index < -0.39 is 6.03 Å². The molecule has 0 saturated heterocycles. The molecular formula is C21H20N4O4. The first kappa shape index (κ1) is 19.7. The van der Waals surface area contributed by atoms with E-state index in [-0.39, 0.29) is 12.5 Å². The van der Waals surface area contributed by atoms with Crippen LogP contribution in [0.3, 0.4) is 0 Å². The third-order valence-corrected chi connectivity index (χ3v) is 4.00. The maximum Gasteiger partial charge on any atom is 0.332 e. The minimum absolute atomic E-state index is 0.184. The molecular weight excluding hydrogens is 372 g/mol. The second-order valence-electron chi connectivity index (χ2n) is 6.01. The Hall–Kier alpha value is -4.07. The van der Waals surface area contributed by atoms with Crippen molar-refractivity contribution in [2.45, 2.75) is 0 Å². The van der Waals surface area contributed by atoms with Crippen LogP contribution >= 0.6 is 0 Å². The number of nitrogens with one attached hydrogen (secondary N) is 2. The smallest absolute Gasteiger partial charge is 0.332 e. The van der Waals surface area contributed by atoms with Crippen molar-refractivity contribution in [3.63, 3.8) is 0 Å². The number of benzene rings is 3. The SMILES string of the molecule is COc1cc(C=NNC(N)=O)ccc1OCC(=O)Nc1cccc2ccccc12. The summed E-state index contributed by atoms with van der Waals surface area (Å²) in [5, 5.41) is 8.54. The molecule has 0 radical (unpaired) electrons. The molecule has 0 bridgehead atoms. The highest BCUT2D eigenvalue weighted by atomic mass is 16.5. The van der Waals surface area contributed by atoms with Crippen molar-refractivity contribution in [2.75, 3.05) is 19.0 Å². The number of anilines is 1. The van der Waals surface area contributed by atoms with Crippen LogP contribution in [-0.2, 0) is 4.79 Å². The summed E-state index contributed by atoms with van der Waals surface area (Å²) >= 11 is 0. The zero-order valence-electron chi connectivity index (χ0n) is 15.7. The summed E-state index contributed by atoms with van der Waals surface area (Å²) in [6.07, 6.45) is 1.41. The fourth-order valence-corrected chi connectivity index (χ4v) is 2.72. The lowest BCUT2D eigenvalue weighted by atomic mass is 10.1. The number of primary amides is 1. The number of ether oxygens (including phenoxy) is 2. The molecule has 8 heteroatoms. The van der Waals surface area contributed by atoms with Gasteiger partial charge in [-0.1, -0.05) is 36.4 Å². The van der Waals surface area contributed by atoms with Gasteiger partial charge < -0.3 is 20.5 Å². The zero-order valence-corrected chi connectivity index (χ0v) is 15.7. The van der Waals surface area contributed by atoms with E-state index >= 15 is 0 Å². The third kappa shape index (κ3) is 5.23. The van der Waals surface area contributed by atoms with Crippen LogP contribution in [0.4, 0.5) is 10.5 Å². The number of carbonyl (C=O) groups is 2. The van der Waals surface area contributed by atoms with Gasteiger partial charge in [0.05, 0.1) is 13.3 Å². The lowest BCUT2D eigenvalue weighted by Gasteiger charge is -2.12. The topological polar surface area (TPSA) is 115 Å². The molecule has 0 unspecified atom stereocenters. The Bertz CT molecular complexity index is 1060. The Morgan fingerprint density at radius 2 is 1.86 bits per heavy atom. The van der Waals surface area contributed by atoms with E-state index in [0.717, 1.165) is 16.5 Å². The maximum atomic E-state index is 12.4. The van der Waals surface area contributed by atoms with Crippen LogP contribution in [-0.4, -0.2) is 31.9 Å². The Morgan fingerprint density at radius 1 is 1.07 bits per heavy atom. The summed E-state index contributed by atoms with van der Waals surface area (Å²) in [6, 6.07) is 17.8. The van der Waals surface area contributed by atoms with Crippen LogP contribution in [0, 0.1) is 0 Å². The number of methoxy groups -OCH3 is 1. The van der Waals surface area contributed by atoms with Crippen molar-refractivity contribution in [3.8, 4) is 11.5 Å². The van der Waals surface area contributed by atoms with Crippen LogP contribution in [0.25, 0.3) is 10.8 Å². The predicted molar refractivity (Wildman–Crippen MR) is 111 cm³/mol. The molecule has 3 rings (SSSR count). The first-order valence-electron chi connectivity index (χ1n) is 8.74. The van der Waals surface area contributed by atoms with Crippen LogP contribution in [0.15, 0.2) is 65.8 Å². The van der Waals surface area contributed by atoms with Crippen LogP contribution in [0.5, 0.6) is 11.5 Å². The average Bonchev–Trinajstić information content (AvgIpc) is 2.72. The number of fused-ring (bicyclic) bond motifs is 1. The molecule has 0 heterocycles. The molecule has 0 aliphatic heterocycles. The maximum absolute atomic E-state index is 12.4. The highest BCUT2D eigenvalue weighted by molar-refractivity contribution is 6.02. The first-order chi connectivity index (χ1) is 14.1. The van der Waals surface area contributed by atoms with Gasteiger partial charge in [0.2, 0.25) is 0 Å². The van der Waals surface area contributed by atoms with E-state index in [1.807, 2.05) is 42.5 Å². The van der Waals surface area contributed by atoms with Crippen molar-refractivity contribution >= 4 is 34.6 Å². The molecule has 4 N–H and O–H groups in total. The van der Waals surface area contributed by atoms with Gasteiger partial charge >= 0.3 is 6.03 Å². The largest absolute Gasteiger partial charge is 0.493 e. The van der Waals surface area contributed by atoms with Crippen molar-refractivity contribution in [3.05, 3.63) is 66.2 Å². The quantitative estimate of drug-likeness (QED) is 0.423. The van der Waals surface area contributed by atoms with Crippen LogP contribution in [0.1, 0.15) is 5.56 Å². The normalized spacial score (nSPS) is 10.7. The molecule has 0 atom stereocenters. The lowest BCUT2D eigenvalue weighted by molar-refractivity contribution is -0.118. The molecule has 3 amide bonds. The predicted octanol–water partition coefficient (Wildman–Crippen LogP) is 2.87. The molecule has 3 aromatic carbocycles. The van der Waals surface area contributed by atoms with E-state index in [9.17, 15) is 9.59 Å². The number of carbonyl (C=O) groups excluding carboxylic acids is 2. The van der Waals surface area contributed by atoms with E-state index in [0.29, 0.717) is 17.1 Å². The molecule has 0 saturated carbocycles. The highest BCUT2D eigenvalue weighted by Gasteiger charge is 2.10. The van der Waals surface area contributed by atoms with Gasteiger partial charge in [0, 0.05) is 11.1 Å². The highest BCUT2D eigenvalue weighted by Crippen LogP contribution is 2.28. The number of hydrogen-bond donors (Lipinski definition) is 3. The van der Waals surface area contributed by atoms with E-state index in [1.165, 1.54) is 13.3 Å². The molecule has 0 aliphatic rings. The van der Waals surface area contributed by atoms with Gasteiger partial charge in [0.15, 0.2) is 18.1 Å². The molecule has 0 aromatic heterocycles. The van der Waals surface area contributed by atoms with Gasteiger partial charge in [0.25, 0.3) is 5.91 Å². The summed E-state index contributed by atoms with van der Waals surface area (Å²) < 4.78 is 10.9. The van der Waals surface area contributed by atoms with Gasteiger partial charge in [-0.3, -0.25) is 4.79 Å². The minimum Gasteiger partial charge on any atom is -0.493 e. The van der Waals surface area contributed by atoms with E-state index in [4.69, 9.17) is 15.2 Å². The standard InChI is InChI=1S/C21H20N4O4/c1-28-19-11-14(12-23-25-21(22)27)9-10-18(19)29-13-20(26)24-17-8-4-6-15-5-2-3-7-16(15)17/h2-12H,13H2,1H3,(H,24,26)(H3,22,25,27). The lowest BCUT2D eigenvalue weighted by Crippen LogP contribution is -2.24. The summed E-state index contributed by atoms with van der Waals surface area (Å²) in [7, 11) is 1.49. The summed E-state index contributed by atoms with van der Waals surface area (Å²) in [5.74, 6) is 0.534. The van der Waals surface area contributed by atoms with E-state index in [1.54, 1.807) is 18.2 Å². The molecule has 3 aromatic rings. The number of amides is 3. The van der Waals surface area contributed by atoms with Crippen molar-refractivity contribution < 1.29 is 19.1 Å². The number of rotatable bonds is 7. The van der Waals surface area contributed by atoms with Gasteiger partial charge in [-0.2, -0.15) is 5.10 Å². The number of urea groups is 1. The summed E-state index contributed by atoms with van der Waals surface area (Å²) in [6.45, 7) is -0.184. The van der Waals surface area contributed by atoms with Crippen molar-refractivity contribution in [1.82, 2.24) is 5.43 Å². The summed E-state index contributed by atoms with van der Waals surface area (Å²) in [5.41, 5.74) is 8.42. The van der Waals surface area contributed by atoms with Gasteiger partial charge in [-0.25, -0.2) is 10.2 Å². The molecule has 0 fully saturated rings. The van der Waals surface area contributed by atoms with Gasteiger partial charge in [-0.15, -0.1) is 0 Å². The monoisotopic (exact) mass is 392 g/mol. The van der Waals surface area contributed by atoms with Crippen LogP contribution < -0.4 is 25.9 Å². The fraction of sp³-hybridized carbons (Fsp3) is 0.0952. The molecule has 0 spiro atoms. The van der Waals surface area contributed by atoms with Gasteiger partial charge in [0.1, 0.15) is 0 Å². The van der Waals surface area contributed by atoms with Crippen molar-refractivity contribution in [2.24, 2.45) is 10.8 Å². The molecule has 8 nitrogen and oxygen atoms in total. The molecule has 0 aliphatic carbocycles. The molecule has 29 heavy (non-hydrogen) atoms. The Morgan fingerprint density at radius 3 is 2.66 bits per heavy atom. The first-order valence-corrected chi connectivity index (χ1v) is 8.74. The summed E-state index contributed by atoms with van der Waals surface area (Å²) in [4.78, 5) is 23.0. The van der Waals surface area contributed by atoms with E-state index in [2.05, 4.69) is 15.8 Å². The number of hydrazone groups is 1. The molecule has 148 valence electrons. The Balaban J connectivity index is 1.65. The third-order valence-electron chi connectivity index (χ3n) is 4.00. The number of nitrogens with zero attached hydrogens (tertiary/aromatic N) is 1. The Labute approximate surface area is 167 Å². The second kappa shape index (κ2) is 9.23. The zero-order chi connectivity index (χ0) is 20.6. The fourth-order valence-electron chi connectivity index (χ4n) is 2.72. The van der Waals surface area contributed by atoms with Crippen molar-refractivity contribution in [1.29, 1.82) is 0 Å². The Kier molecular flexibility index (Phi) is 6.26. The van der Waals surface area contributed by atoms with Crippen LogP contribution in [0.2, 0.25) is 0 Å². The second-order valence-corrected chi connectivity index (χ2v) is 6.01.